The average Bonchev–Trinajstić information content (AvgIpc) is 3.22. The first-order valence-corrected chi connectivity index (χ1v) is 10.6. The maximum atomic E-state index is 13.0. The molecule has 0 aliphatic rings. The molecule has 0 spiro atoms. The second kappa shape index (κ2) is 9.58. The number of hydrogen-bond donors (Lipinski definition) is 1. The Morgan fingerprint density at radius 2 is 1.68 bits per heavy atom. The maximum Gasteiger partial charge on any atom is 0.250 e. The lowest BCUT2D eigenvalue weighted by Crippen LogP contribution is -2.17. The lowest BCUT2D eigenvalue weighted by Gasteiger charge is -2.08. The summed E-state index contributed by atoms with van der Waals surface area (Å²) < 4.78 is 1.37. The van der Waals surface area contributed by atoms with Gasteiger partial charge in [-0.3, -0.25) is 4.79 Å². The average molecular weight is 431 g/mol. The molecule has 31 heavy (non-hydrogen) atoms. The van der Waals surface area contributed by atoms with Crippen LogP contribution >= 0.6 is 11.6 Å². The molecule has 0 radical (unpaired) electrons. The summed E-state index contributed by atoms with van der Waals surface area (Å²) in [6, 6.07) is 25.5. The highest BCUT2D eigenvalue weighted by molar-refractivity contribution is 6.31. The zero-order chi connectivity index (χ0) is 21.6. The lowest BCUT2D eigenvalue weighted by atomic mass is 10.1. The van der Waals surface area contributed by atoms with Crippen LogP contribution in [0.15, 0.2) is 78.9 Å². The van der Waals surface area contributed by atoms with E-state index in [4.69, 9.17) is 11.6 Å². The van der Waals surface area contributed by atoms with E-state index in [2.05, 4.69) is 15.4 Å². The van der Waals surface area contributed by atoms with Crippen LogP contribution in [0.5, 0.6) is 0 Å². The Bertz CT molecular complexity index is 1170. The molecule has 0 unspecified atom stereocenters. The van der Waals surface area contributed by atoms with Crippen LogP contribution in [0.2, 0.25) is 5.02 Å². The van der Waals surface area contributed by atoms with Crippen LogP contribution in [0, 0.1) is 6.92 Å². The lowest BCUT2D eigenvalue weighted by molar-refractivity contribution is 0.0890. The molecule has 0 fully saturated rings. The molecule has 4 aromatic rings. The van der Waals surface area contributed by atoms with Gasteiger partial charge in [-0.1, -0.05) is 90.0 Å². The van der Waals surface area contributed by atoms with Gasteiger partial charge in [0.2, 0.25) is 11.9 Å². The minimum Gasteiger partial charge on any atom is -0.350 e. The van der Waals surface area contributed by atoms with Crippen LogP contribution in [0.1, 0.15) is 27.9 Å². The molecule has 4 rings (SSSR count). The van der Waals surface area contributed by atoms with Crippen molar-refractivity contribution in [3.8, 4) is 11.4 Å². The smallest absolute Gasteiger partial charge is 0.250 e. The largest absolute Gasteiger partial charge is 0.350 e. The van der Waals surface area contributed by atoms with Crippen molar-refractivity contribution in [2.75, 3.05) is 5.32 Å². The third kappa shape index (κ3) is 5.19. The van der Waals surface area contributed by atoms with Crippen LogP contribution < -0.4 is 5.32 Å². The van der Waals surface area contributed by atoms with Crippen molar-refractivity contribution in [1.82, 2.24) is 14.8 Å². The van der Waals surface area contributed by atoms with E-state index in [0.717, 1.165) is 22.3 Å². The summed E-state index contributed by atoms with van der Waals surface area (Å²) >= 11 is 6.28. The van der Waals surface area contributed by atoms with Crippen molar-refractivity contribution in [2.24, 2.45) is 0 Å². The minimum atomic E-state index is -0.114. The summed E-state index contributed by atoms with van der Waals surface area (Å²) in [5.41, 5.74) is 4.05. The van der Waals surface area contributed by atoms with Gasteiger partial charge in [-0.25, -0.2) is 0 Å². The molecule has 156 valence electrons. The van der Waals surface area contributed by atoms with Crippen molar-refractivity contribution < 1.29 is 4.79 Å². The molecule has 6 heteroatoms. The van der Waals surface area contributed by atoms with Gasteiger partial charge >= 0.3 is 0 Å². The highest BCUT2D eigenvalue weighted by atomic mass is 35.5. The molecule has 3 aromatic carbocycles. The fourth-order valence-electron chi connectivity index (χ4n) is 3.24. The number of aromatic nitrogens is 3. The number of aryl methyl sites for hydroxylation is 2. The topological polar surface area (TPSA) is 59.8 Å². The first kappa shape index (κ1) is 20.8. The van der Waals surface area contributed by atoms with Gasteiger partial charge in [0.15, 0.2) is 5.82 Å². The summed E-state index contributed by atoms with van der Waals surface area (Å²) in [4.78, 5) is 17.6. The maximum absolute atomic E-state index is 13.0. The molecule has 0 saturated carbocycles. The molecule has 1 aromatic heterocycles. The Hall–Kier alpha value is -3.44. The number of rotatable bonds is 7. The van der Waals surface area contributed by atoms with E-state index in [1.807, 2.05) is 85.8 Å². The van der Waals surface area contributed by atoms with Crippen molar-refractivity contribution in [1.29, 1.82) is 0 Å². The van der Waals surface area contributed by atoms with Crippen molar-refractivity contribution in [2.45, 2.75) is 26.3 Å². The van der Waals surface area contributed by atoms with Gasteiger partial charge in [-0.2, -0.15) is 9.67 Å². The van der Waals surface area contributed by atoms with Crippen LogP contribution in [0.3, 0.4) is 0 Å². The van der Waals surface area contributed by atoms with Gasteiger partial charge in [0.05, 0.1) is 0 Å². The van der Waals surface area contributed by atoms with Crippen LogP contribution in [0.4, 0.5) is 5.95 Å². The number of benzene rings is 3. The van der Waals surface area contributed by atoms with Crippen molar-refractivity contribution in [3.63, 3.8) is 0 Å². The predicted octanol–water partition coefficient (Wildman–Crippen LogP) is 5.79. The number of halogens is 1. The molecule has 0 saturated heterocycles. The fourth-order valence-corrected chi connectivity index (χ4v) is 3.45. The van der Waals surface area contributed by atoms with Gasteiger partial charge in [0.25, 0.3) is 0 Å². The summed E-state index contributed by atoms with van der Waals surface area (Å²) in [6.07, 6.45) is 0.977. The van der Waals surface area contributed by atoms with Crippen LogP contribution in [0.25, 0.3) is 11.4 Å². The molecule has 1 N–H and O–H groups in total. The molecule has 0 atom stereocenters. The first-order chi connectivity index (χ1) is 15.1. The highest BCUT2D eigenvalue weighted by Crippen LogP contribution is 2.21. The van der Waals surface area contributed by atoms with Gasteiger partial charge < -0.3 is 5.32 Å². The molecule has 0 bridgehead atoms. The second-order valence-corrected chi connectivity index (χ2v) is 7.77. The first-order valence-electron chi connectivity index (χ1n) is 10.2. The van der Waals surface area contributed by atoms with E-state index in [-0.39, 0.29) is 5.91 Å². The Morgan fingerprint density at radius 1 is 0.968 bits per heavy atom. The zero-order valence-electron chi connectivity index (χ0n) is 17.3. The third-order valence-electron chi connectivity index (χ3n) is 5.02. The highest BCUT2D eigenvalue weighted by Gasteiger charge is 2.17. The van der Waals surface area contributed by atoms with Crippen LogP contribution in [-0.4, -0.2) is 20.7 Å². The molecule has 0 aliphatic carbocycles. The van der Waals surface area contributed by atoms with E-state index in [1.165, 1.54) is 4.68 Å². The second-order valence-electron chi connectivity index (χ2n) is 7.36. The molecular formula is C25H23ClN4O. The van der Waals surface area contributed by atoms with Crippen molar-refractivity contribution in [3.05, 3.63) is 101 Å². The van der Waals surface area contributed by atoms with Crippen molar-refractivity contribution >= 4 is 23.5 Å². The van der Waals surface area contributed by atoms with E-state index in [1.54, 1.807) is 0 Å². The number of anilines is 1. The van der Waals surface area contributed by atoms with Gasteiger partial charge in [0, 0.05) is 23.6 Å². The number of carbonyl (C=O) groups excluding carboxylic acids is 1. The summed E-state index contributed by atoms with van der Waals surface area (Å²) in [6.45, 7) is 2.47. The number of nitrogens with zero attached hydrogens (tertiary/aromatic N) is 3. The number of hydrogen-bond acceptors (Lipinski definition) is 4. The summed E-state index contributed by atoms with van der Waals surface area (Å²) in [5.74, 6) is 0.805. The normalized spacial score (nSPS) is 10.8. The molecule has 0 amide bonds. The molecule has 0 aliphatic heterocycles. The number of nitrogens with one attached hydrogen (secondary N) is 1. The Morgan fingerprint density at radius 3 is 2.42 bits per heavy atom. The van der Waals surface area contributed by atoms with Gasteiger partial charge in [0.1, 0.15) is 0 Å². The quantitative estimate of drug-likeness (QED) is 0.403. The van der Waals surface area contributed by atoms with Gasteiger partial charge in [-0.05, 0) is 30.5 Å². The van der Waals surface area contributed by atoms with Gasteiger partial charge in [-0.15, -0.1) is 5.10 Å². The van der Waals surface area contributed by atoms with E-state index < -0.39 is 0 Å². The minimum absolute atomic E-state index is 0.114. The number of carbonyl (C=O) groups is 1. The zero-order valence-corrected chi connectivity index (χ0v) is 18.0. The summed E-state index contributed by atoms with van der Waals surface area (Å²) in [5, 5.41) is 8.41. The van der Waals surface area contributed by atoms with E-state index in [0.29, 0.717) is 36.2 Å². The Kier molecular flexibility index (Phi) is 6.43. The monoisotopic (exact) mass is 430 g/mol. The Balaban J connectivity index is 1.58. The van der Waals surface area contributed by atoms with E-state index >= 15 is 0 Å². The van der Waals surface area contributed by atoms with E-state index in [9.17, 15) is 4.79 Å². The SMILES string of the molecule is Cc1ccc(-c2nc(NCc3ccccc3Cl)n(C(=O)CCc3ccccc3)n2)cc1. The third-order valence-corrected chi connectivity index (χ3v) is 5.39. The predicted molar refractivity (Wildman–Crippen MR) is 124 cm³/mol. The standard InChI is InChI=1S/C25H23ClN4O/c1-18-11-14-20(15-12-18)24-28-25(27-17-21-9-5-6-10-22(21)26)30(29-24)23(31)16-13-19-7-3-2-4-8-19/h2-12,14-15H,13,16-17H2,1H3,(H,27,28,29). The molecule has 5 nitrogen and oxygen atoms in total. The van der Waals surface area contributed by atoms with Crippen LogP contribution in [-0.2, 0) is 13.0 Å². The summed E-state index contributed by atoms with van der Waals surface area (Å²) in [7, 11) is 0. The Labute approximate surface area is 186 Å². The fraction of sp³-hybridized carbons (Fsp3) is 0.160. The molecule has 1 heterocycles. The molecular weight excluding hydrogens is 408 g/mol.